The minimum atomic E-state index is 0.802. The van der Waals surface area contributed by atoms with Crippen LogP contribution in [0.3, 0.4) is 0 Å². The van der Waals surface area contributed by atoms with Crippen molar-refractivity contribution >= 4 is 0 Å². The second-order valence-corrected chi connectivity index (χ2v) is 3.53. The Hall–Kier alpha value is -0.120. The summed E-state index contributed by atoms with van der Waals surface area (Å²) >= 11 is 0. The van der Waals surface area contributed by atoms with Crippen molar-refractivity contribution in [2.75, 3.05) is 40.4 Å². The van der Waals surface area contributed by atoms with Crippen LogP contribution in [-0.2, 0) is 4.74 Å². The van der Waals surface area contributed by atoms with Crippen LogP contribution in [0.2, 0.25) is 0 Å². The third-order valence-corrected chi connectivity index (χ3v) is 2.18. The van der Waals surface area contributed by atoms with Crippen LogP contribution in [0, 0.1) is 5.92 Å². The largest absolute Gasteiger partial charge is 0.383 e. The van der Waals surface area contributed by atoms with E-state index < -0.39 is 0 Å². The van der Waals surface area contributed by atoms with Crippen molar-refractivity contribution in [1.82, 2.24) is 10.6 Å². The van der Waals surface area contributed by atoms with Crippen molar-refractivity contribution in [2.24, 2.45) is 5.92 Å². The number of rotatable bonds is 3. The van der Waals surface area contributed by atoms with Crippen LogP contribution in [-0.4, -0.2) is 40.4 Å². The molecule has 0 aromatic rings. The van der Waals surface area contributed by atoms with Crippen molar-refractivity contribution in [3.05, 3.63) is 0 Å². The molecule has 1 rings (SSSR count). The van der Waals surface area contributed by atoms with Gasteiger partial charge in [-0.2, -0.15) is 0 Å². The number of piperidine rings is 1. The first-order chi connectivity index (χ1) is 6.31. The van der Waals surface area contributed by atoms with Gasteiger partial charge in [-0.05, 0) is 38.9 Å². The molecule has 0 aliphatic carbocycles. The zero-order valence-electron chi connectivity index (χ0n) is 9.23. The predicted molar refractivity (Wildman–Crippen MR) is 57.1 cm³/mol. The summed E-state index contributed by atoms with van der Waals surface area (Å²) in [5.41, 5.74) is 0. The van der Waals surface area contributed by atoms with Crippen molar-refractivity contribution < 1.29 is 4.74 Å². The van der Waals surface area contributed by atoms with Gasteiger partial charge in [0, 0.05) is 13.7 Å². The minimum absolute atomic E-state index is 0.802. The van der Waals surface area contributed by atoms with Gasteiger partial charge in [-0.15, -0.1) is 0 Å². The smallest absolute Gasteiger partial charge is 0.0587 e. The van der Waals surface area contributed by atoms with E-state index in [1.54, 1.807) is 7.11 Å². The Morgan fingerprint density at radius 1 is 1.38 bits per heavy atom. The monoisotopic (exact) mass is 188 g/mol. The SMILES string of the molecule is CC1CCNCC1.CNCCOC. The highest BCUT2D eigenvalue weighted by Gasteiger charge is 2.04. The molecule has 3 nitrogen and oxygen atoms in total. The van der Waals surface area contributed by atoms with E-state index in [0.29, 0.717) is 0 Å². The van der Waals surface area contributed by atoms with E-state index in [1.807, 2.05) is 7.05 Å². The summed E-state index contributed by atoms with van der Waals surface area (Å²) in [7, 11) is 3.59. The Morgan fingerprint density at radius 3 is 2.23 bits per heavy atom. The van der Waals surface area contributed by atoms with Gasteiger partial charge in [-0.3, -0.25) is 0 Å². The Kier molecular flexibility index (Phi) is 9.87. The van der Waals surface area contributed by atoms with E-state index in [-0.39, 0.29) is 0 Å². The van der Waals surface area contributed by atoms with Crippen LogP contribution in [0.5, 0.6) is 0 Å². The Bertz CT molecular complexity index is 88.9. The molecular formula is C10H24N2O. The van der Waals surface area contributed by atoms with Gasteiger partial charge in [-0.25, -0.2) is 0 Å². The van der Waals surface area contributed by atoms with E-state index in [0.717, 1.165) is 19.1 Å². The summed E-state index contributed by atoms with van der Waals surface area (Å²) < 4.78 is 4.72. The average molecular weight is 188 g/mol. The third kappa shape index (κ3) is 9.80. The highest BCUT2D eigenvalue weighted by molar-refractivity contribution is 4.62. The molecule has 13 heavy (non-hydrogen) atoms. The fraction of sp³-hybridized carbons (Fsp3) is 1.00. The predicted octanol–water partition coefficient (Wildman–Crippen LogP) is 0.858. The number of hydrogen-bond acceptors (Lipinski definition) is 3. The fourth-order valence-corrected chi connectivity index (χ4v) is 1.17. The lowest BCUT2D eigenvalue weighted by atomic mass is 10.0. The Balaban J connectivity index is 0.000000226. The summed E-state index contributed by atoms with van der Waals surface area (Å²) in [6.07, 6.45) is 2.75. The maximum atomic E-state index is 4.72. The standard InChI is InChI=1S/C6H13N.C4H11NO/c1-6-2-4-7-5-3-6;1-5-3-4-6-2/h6-7H,2-5H2,1H3;5H,3-4H2,1-2H3. The molecule has 2 N–H and O–H groups in total. The van der Waals surface area contributed by atoms with Crippen molar-refractivity contribution in [3.63, 3.8) is 0 Å². The average Bonchev–Trinajstić information content (AvgIpc) is 2.17. The molecule has 0 radical (unpaired) electrons. The van der Waals surface area contributed by atoms with Crippen LogP contribution in [0.1, 0.15) is 19.8 Å². The topological polar surface area (TPSA) is 33.3 Å². The molecule has 1 aliphatic heterocycles. The Labute approximate surface area is 82.2 Å². The van der Waals surface area contributed by atoms with Gasteiger partial charge in [0.05, 0.1) is 6.61 Å². The molecule has 0 aromatic carbocycles. The lowest BCUT2D eigenvalue weighted by molar-refractivity contribution is 0.201. The molecule has 1 aliphatic rings. The second-order valence-electron chi connectivity index (χ2n) is 3.53. The number of likely N-dealkylation sites (N-methyl/N-ethyl adjacent to an activating group) is 1. The first kappa shape index (κ1) is 12.9. The molecule has 3 heteroatoms. The Morgan fingerprint density at radius 2 is 2.00 bits per heavy atom. The molecule has 0 bridgehead atoms. The van der Waals surface area contributed by atoms with Crippen molar-refractivity contribution in [2.45, 2.75) is 19.8 Å². The van der Waals surface area contributed by atoms with Crippen LogP contribution in [0.25, 0.3) is 0 Å². The van der Waals surface area contributed by atoms with Crippen molar-refractivity contribution in [1.29, 1.82) is 0 Å². The molecule has 0 spiro atoms. The first-order valence-electron chi connectivity index (χ1n) is 5.15. The second kappa shape index (κ2) is 9.96. The number of methoxy groups -OCH3 is 1. The lowest BCUT2D eigenvalue weighted by Gasteiger charge is -2.17. The molecule has 1 saturated heterocycles. The number of ether oxygens (including phenoxy) is 1. The summed E-state index contributed by atoms with van der Waals surface area (Å²) in [5, 5.41) is 6.26. The summed E-state index contributed by atoms with van der Waals surface area (Å²) in [6, 6.07) is 0. The number of hydrogen-bond donors (Lipinski definition) is 2. The molecule has 0 atom stereocenters. The van der Waals surface area contributed by atoms with Gasteiger partial charge in [0.2, 0.25) is 0 Å². The third-order valence-electron chi connectivity index (χ3n) is 2.18. The summed E-state index contributed by atoms with van der Waals surface area (Å²) in [5.74, 6) is 0.973. The lowest BCUT2D eigenvalue weighted by Crippen LogP contribution is -2.26. The molecule has 80 valence electrons. The normalized spacial score (nSPS) is 17.8. The molecular weight excluding hydrogens is 164 g/mol. The van der Waals surface area contributed by atoms with Gasteiger partial charge >= 0.3 is 0 Å². The van der Waals surface area contributed by atoms with E-state index in [9.17, 15) is 0 Å². The maximum Gasteiger partial charge on any atom is 0.0587 e. The van der Waals surface area contributed by atoms with Crippen LogP contribution < -0.4 is 10.6 Å². The summed E-state index contributed by atoms with van der Waals surface area (Å²) in [4.78, 5) is 0. The molecule has 1 fully saturated rings. The molecule has 0 saturated carbocycles. The van der Waals surface area contributed by atoms with E-state index in [4.69, 9.17) is 4.74 Å². The number of nitrogens with one attached hydrogen (secondary N) is 2. The zero-order chi connectivity index (χ0) is 9.94. The van der Waals surface area contributed by atoms with Gasteiger partial charge in [0.1, 0.15) is 0 Å². The fourth-order valence-electron chi connectivity index (χ4n) is 1.17. The highest BCUT2D eigenvalue weighted by Crippen LogP contribution is 2.08. The molecule has 0 amide bonds. The van der Waals surface area contributed by atoms with Gasteiger partial charge < -0.3 is 15.4 Å². The highest BCUT2D eigenvalue weighted by atomic mass is 16.5. The molecule has 0 aromatic heterocycles. The minimum Gasteiger partial charge on any atom is -0.383 e. The van der Waals surface area contributed by atoms with E-state index in [1.165, 1.54) is 25.9 Å². The van der Waals surface area contributed by atoms with E-state index >= 15 is 0 Å². The van der Waals surface area contributed by atoms with E-state index in [2.05, 4.69) is 17.6 Å². The summed E-state index contributed by atoms with van der Waals surface area (Å²) in [6.45, 7) is 6.54. The zero-order valence-corrected chi connectivity index (χ0v) is 9.23. The molecule has 0 unspecified atom stereocenters. The molecule has 1 heterocycles. The first-order valence-corrected chi connectivity index (χ1v) is 5.15. The van der Waals surface area contributed by atoms with Crippen molar-refractivity contribution in [3.8, 4) is 0 Å². The maximum absolute atomic E-state index is 4.72. The van der Waals surface area contributed by atoms with Crippen LogP contribution in [0.4, 0.5) is 0 Å². The van der Waals surface area contributed by atoms with Crippen LogP contribution >= 0.6 is 0 Å². The van der Waals surface area contributed by atoms with Gasteiger partial charge in [0.15, 0.2) is 0 Å². The van der Waals surface area contributed by atoms with Gasteiger partial charge in [0.25, 0.3) is 0 Å². The van der Waals surface area contributed by atoms with Gasteiger partial charge in [-0.1, -0.05) is 6.92 Å². The van der Waals surface area contributed by atoms with Crippen LogP contribution in [0.15, 0.2) is 0 Å². The quantitative estimate of drug-likeness (QED) is 0.644.